The van der Waals surface area contributed by atoms with E-state index in [-0.39, 0.29) is 18.6 Å². The lowest BCUT2D eigenvalue weighted by Crippen LogP contribution is -2.29. The number of thiazole rings is 1. The van der Waals surface area contributed by atoms with E-state index in [0.717, 1.165) is 16.8 Å². The van der Waals surface area contributed by atoms with E-state index in [1.807, 2.05) is 51.1 Å². The number of carbonyl (C=O) groups excluding carboxylic acids is 1. The zero-order chi connectivity index (χ0) is 17.8. The van der Waals surface area contributed by atoms with Crippen molar-refractivity contribution in [1.82, 2.24) is 15.5 Å². The van der Waals surface area contributed by atoms with Gasteiger partial charge in [-0.2, -0.15) is 0 Å². The summed E-state index contributed by atoms with van der Waals surface area (Å²) in [6, 6.07) is 9.87. The number of hydrogen-bond acceptors (Lipinski definition) is 6. The highest BCUT2D eigenvalue weighted by Gasteiger charge is 2.17. The largest absolute Gasteiger partial charge is 0.465 e. The maximum atomic E-state index is 12.0. The van der Waals surface area contributed by atoms with Gasteiger partial charge in [-0.3, -0.25) is 4.79 Å². The fourth-order valence-corrected chi connectivity index (χ4v) is 2.95. The lowest BCUT2D eigenvalue weighted by molar-refractivity contribution is 0.0947. The van der Waals surface area contributed by atoms with Crippen molar-refractivity contribution in [3.63, 3.8) is 0 Å². The summed E-state index contributed by atoms with van der Waals surface area (Å²) in [5, 5.41) is 7.40. The first-order valence-corrected chi connectivity index (χ1v) is 8.76. The number of nitrogens with one attached hydrogen (secondary N) is 1. The SMILES string of the molecule is Cc1onc(-c2ccccc2)c1COc1ncc(C(=O)NC(C)C)s1. The van der Waals surface area contributed by atoms with E-state index in [9.17, 15) is 4.79 Å². The van der Waals surface area contributed by atoms with E-state index in [2.05, 4.69) is 15.5 Å². The van der Waals surface area contributed by atoms with Gasteiger partial charge in [-0.1, -0.05) is 46.8 Å². The molecule has 1 aromatic carbocycles. The number of benzene rings is 1. The Hall–Kier alpha value is -2.67. The minimum absolute atomic E-state index is 0.0760. The second-order valence-corrected chi connectivity index (χ2v) is 6.83. The van der Waals surface area contributed by atoms with Gasteiger partial charge in [-0.15, -0.1) is 0 Å². The monoisotopic (exact) mass is 357 g/mol. The number of aryl methyl sites for hydroxylation is 1. The van der Waals surface area contributed by atoms with Gasteiger partial charge in [0.2, 0.25) is 0 Å². The topological polar surface area (TPSA) is 77.2 Å². The van der Waals surface area contributed by atoms with E-state index in [4.69, 9.17) is 9.26 Å². The summed E-state index contributed by atoms with van der Waals surface area (Å²) in [6.07, 6.45) is 1.52. The number of rotatable bonds is 6. The summed E-state index contributed by atoms with van der Waals surface area (Å²) in [6.45, 7) is 5.95. The van der Waals surface area contributed by atoms with Crippen LogP contribution in [0.4, 0.5) is 0 Å². The molecular formula is C18H19N3O3S. The maximum Gasteiger partial charge on any atom is 0.274 e. The average Bonchev–Trinajstić information content (AvgIpc) is 3.20. The van der Waals surface area contributed by atoms with Gasteiger partial charge in [0.25, 0.3) is 11.1 Å². The minimum Gasteiger partial charge on any atom is -0.465 e. The first-order chi connectivity index (χ1) is 12.0. The molecule has 0 radical (unpaired) electrons. The fourth-order valence-electron chi connectivity index (χ4n) is 2.28. The van der Waals surface area contributed by atoms with E-state index < -0.39 is 0 Å². The number of amides is 1. The smallest absolute Gasteiger partial charge is 0.274 e. The van der Waals surface area contributed by atoms with Crippen molar-refractivity contribution in [3.05, 3.63) is 52.7 Å². The Morgan fingerprint density at radius 1 is 1.32 bits per heavy atom. The van der Waals surface area contributed by atoms with Crippen LogP contribution in [0.3, 0.4) is 0 Å². The molecule has 3 aromatic rings. The molecular weight excluding hydrogens is 338 g/mol. The van der Waals surface area contributed by atoms with E-state index in [0.29, 0.717) is 15.8 Å². The van der Waals surface area contributed by atoms with Crippen LogP contribution in [-0.2, 0) is 6.61 Å². The lowest BCUT2D eigenvalue weighted by Gasteiger charge is -2.05. The van der Waals surface area contributed by atoms with Gasteiger partial charge >= 0.3 is 0 Å². The van der Waals surface area contributed by atoms with Crippen molar-refractivity contribution in [2.45, 2.75) is 33.4 Å². The predicted octanol–water partition coefficient (Wildman–Crippen LogP) is 3.82. The number of carbonyl (C=O) groups is 1. The van der Waals surface area contributed by atoms with Crippen molar-refractivity contribution < 1.29 is 14.1 Å². The molecule has 0 saturated heterocycles. The standard InChI is InChI=1S/C18H19N3O3S/c1-11(2)20-17(22)15-9-19-18(25-15)23-10-14-12(3)24-21-16(14)13-7-5-4-6-8-13/h4-9,11H,10H2,1-3H3,(H,20,22). The number of aromatic nitrogens is 2. The van der Waals surface area contributed by atoms with Crippen molar-refractivity contribution in [2.75, 3.05) is 0 Å². The summed E-state index contributed by atoms with van der Waals surface area (Å²) >= 11 is 1.22. The molecule has 0 saturated carbocycles. The molecule has 0 aliphatic rings. The molecule has 0 unspecified atom stereocenters. The molecule has 130 valence electrons. The van der Waals surface area contributed by atoms with Crippen molar-refractivity contribution >= 4 is 17.2 Å². The third-order valence-electron chi connectivity index (χ3n) is 3.50. The molecule has 0 atom stereocenters. The van der Waals surface area contributed by atoms with Crippen molar-refractivity contribution in [1.29, 1.82) is 0 Å². The molecule has 0 fully saturated rings. The number of hydrogen-bond donors (Lipinski definition) is 1. The number of nitrogens with zero attached hydrogens (tertiary/aromatic N) is 2. The average molecular weight is 357 g/mol. The lowest BCUT2D eigenvalue weighted by atomic mass is 10.1. The van der Waals surface area contributed by atoms with Gasteiger partial charge in [0, 0.05) is 11.6 Å². The van der Waals surface area contributed by atoms with E-state index >= 15 is 0 Å². The Balaban J connectivity index is 1.72. The van der Waals surface area contributed by atoms with Gasteiger partial charge in [0.1, 0.15) is 22.9 Å². The quantitative estimate of drug-likeness (QED) is 0.725. The van der Waals surface area contributed by atoms with Crippen LogP contribution >= 0.6 is 11.3 Å². The molecule has 1 N–H and O–H groups in total. The van der Waals surface area contributed by atoms with Gasteiger partial charge < -0.3 is 14.6 Å². The third-order valence-corrected chi connectivity index (χ3v) is 4.41. The number of ether oxygens (including phenoxy) is 1. The predicted molar refractivity (Wildman–Crippen MR) is 95.7 cm³/mol. The Morgan fingerprint density at radius 2 is 2.08 bits per heavy atom. The first-order valence-electron chi connectivity index (χ1n) is 7.94. The Kier molecular flexibility index (Phi) is 5.14. The van der Waals surface area contributed by atoms with Gasteiger partial charge in [0.15, 0.2) is 0 Å². The highest BCUT2D eigenvalue weighted by Crippen LogP contribution is 2.27. The van der Waals surface area contributed by atoms with Crippen LogP contribution in [0.1, 0.15) is 34.8 Å². The molecule has 2 aromatic heterocycles. The molecule has 7 heteroatoms. The molecule has 2 heterocycles. The summed E-state index contributed by atoms with van der Waals surface area (Å²) in [5.41, 5.74) is 2.59. The zero-order valence-corrected chi connectivity index (χ0v) is 15.1. The molecule has 0 bridgehead atoms. The van der Waals surface area contributed by atoms with Crippen LogP contribution in [0, 0.1) is 6.92 Å². The van der Waals surface area contributed by atoms with Crippen LogP contribution < -0.4 is 10.1 Å². The second kappa shape index (κ2) is 7.48. The first kappa shape index (κ1) is 17.2. The molecule has 0 spiro atoms. The highest BCUT2D eigenvalue weighted by atomic mass is 32.1. The Labute approximate surface area is 149 Å². The third kappa shape index (κ3) is 4.06. The highest BCUT2D eigenvalue weighted by molar-refractivity contribution is 7.15. The zero-order valence-electron chi connectivity index (χ0n) is 14.3. The van der Waals surface area contributed by atoms with E-state index in [1.54, 1.807) is 0 Å². The molecule has 0 aliphatic carbocycles. The Bertz CT molecular complexity index is 856. The van der Waals surface area contributed by atoms with Crippen LogP contribution in [0.25, 0.3) is 11.3 Å². The van der Waals surface area contributed by atoms with Crippen LogP contribution in [0.5, 0.6) is 5.19 Å². The molecule has 25 heavy (non-hydrogen) atoms. The summed E-state index contributed by atoms with van der Waals surface area (Å²) in [4.78, 5) is 16.7. The van der Waals surface area contributed by atoms with Gasteiger partial charge in [-0.25, -0.2) is 4.98 Å². The van der Waals surface area contributed by atoms with Crippen molar-refractivity contribution in [3.8, 4) is 16.5 Å². The van der Waals surface area contributed by atoms with Crippen LogP contribution in [0.2, 0.25) is 0 Å². The second-order valence-electron chi connectivity index (χ2n) is 5.84. The summed E-state index contributed by atoms with van der Waals surface area (Å²) in [5.74, 6) is 0.557. The van der Waals surface area contributed by atoms with E-state index in [1.165, 1.54) is 17.5 Å². The molecule has 6 nitrogen and oxygen atoms in total. The normalized spacial score (nSPS) is 10.9. The van der Waals surface area contributed by atoms with Gasteiger partial charge in [-0.05, 0) is 20.8 Å². The molecule has 1 amide bonds. The Morgan fingerprint density at radius 3 is 2.80 bits per heavy atom. The summed E-state index contributed by atoms with van der Waals surface area (Å²) < 4.78 is 11.1. The minimum atomic E-state index is -0.145. The van der Waals surface area contributed by atoms with Crippen LogP contribution in [0.15, 0.2) is 41.1 Å². The van der Waals surface area contributed by atoms with Crippen LogP contribution in [-0.4, -0.2) is 22.1 Å². The maximum absolute atomic E-state index is 12.0. The molecule has 3 rings (SSSR count). The summed E-state index contributed by atoms with van der Waals surface area (Å²) in [7, 11) is 0. The van der Waals surface area contributed by atoms with Gasteiger partial charge in [0.05, 0.1) is 11.8 Å². The van der Waals surface area contributed by atoms with Crippen molar-refractivity contribution in [2.24, 2.45) is 0 Å². The fraction of sp³-hybridized carbons (Fsp3) is 0.278. The molecule has 0 aliphatic heterocycles.